The molecule has 0 aliphatic heterocycles. The lowest BCUT2D eigenvalue weighted by atomic mass is 9.93. The van der Waals surface area contributed by atoms with E-state index in [0.717, 1.165) is 12.3 Å². The molecule has 0 aliphatic rings. The van der Waals surface area contributed by atoms with Crippen LogP contribution in [0.5, 0.6) is 0 Å². The lowest BCUT2D eigenvalue weighted by molar-refractivity contribution is 0.371. The maximum absolute atomic E-state index is 10.3. The van der Waals surface area contributed by atoms with Crippen molar-refractivity contribution >= 4 is 19.9 Å². The largest absolute Gasteiger partial charge is 0.432 e. The summed E-state index contributed by atoms with van der Waals surface area (Å²) < 4.78 is 0. The molecule has 0 saturated carbocycles. The maximum atomic E-state index is 10.3. The van der Waals surface area contributed by atoms with Gasteiger partial charge in [0.05, 0.1) is 0 Å². The van der Waals surface area contributed by atoms with Gasteiger partial charge in [0.25, 0.3) is 0 Å². The first-order chi connectivity index (χ1) is 7.24. The molecule has 0 spiro atoms. The van der Waals surface area contributed by atoms with Crippen molar-refractivity contribution in [3.05, 3.63) is 0 Å². The molecular weight excluding hydrogens is 236 g/mol. The second-order valence-electron chi connectivity index (χ2n) is 6.16. The van der Waals surface area contributed by atoms with Gasteiger partial charge in [-0.2, -0.15) is 0 Å². The predicted octanol–water partition coefficient (Wildman–Crippen LogP) is 4.79. The van der Waals surface area contributed by atoms with Crippen molar-refractivity contribution in [3.8, 4) is 0 Å². The second kappa shape index (κ2) is 7.02. The molecule has 0 bridgehead atoms. The number of hydrogen-bond donors (Lipinski definition) is 1. The van der Waals surface area contributed by atoms with Crippen LogP contribution in [0.25, 0.3) is 0 Å². The Morgan fingerprint density at radius 3 is 2.19 bits per heavy atom. The molecule has 0 amide bonds. The van der Waals surface area contributed by atoms with Crippen molar-refractivity contribution in [1.82, 2.24) is 0 Å². The van der Waals surface area contributed by atoms with Gasteiger partial charge < -0.3 is 4.80 Å². The molecule has 0 rings (SSSR count). The van der Waals surface area contributed by atoms with Crippen LogP contribution in [0, 0.1) is 5.92 Å². The fraction of sp³-hybridized carbons (Fsp3) is 1.00. The third-order valence-corrected chi connectivity index (χ3v) is 7.84. The predicted molar refractivity (Wildman–Crippen MR) is 76.7 cm³/mol. The van der Waals surface area contributed by atoms with Crippen LogP contribution >= 0.6 is 11.6 Å². The monoisotopic (exact) mass is 264 g/mol. The van der Waals surface area contributed by atoms with E-state index < -0.39 is 8.32 Å². The number of unbranched alkanes of at least 4 members (excludes halogenated alkanes) is 2. The minimum absolute atomic E-state index is 0.0682. The van der Waals surface area contributed by atoms with Crippen LogP contribution in [0.1, 0.15) is 52.9 Å². The topological polar surface area (TPSA) is 20.2 Å². The van der Waals surface area contributed by atoms with Gasteiger partial charge in [0, 0.05) is 5.88 Å². The highest BCUT2D eigenvalue weighted by atomic mass is 35.5. The number of alkyl halides is 1. The Bertz CT molecular complexity index is 187. The Labute approximate surface area is 108 Å². The van der Waals surface area contributed by atoms with E-state index in [2.05, 4.69) is 20.8 Å². The van der Waals surface area contributed by atoms with Crippen molar-refractivity contribution in [1.29, 1.82) is 0 Å². The molecule has 1 atom stereocenters. The Kier molecular flexibility index (Phi) is 7.23. The average Bonchev–Trinajstić information content (AvgIpc) is 2.14. The smallest absolute Gasteiger partial charge is 0.188 e. The zero-order chi connectivity index (χ0) is 12.8. The van der Waals surface area contributed by atoms with Gasteiger partial charge in [-0.05, 0) is 36.9 Å². The standard InChI is InChI=1S/C13H29ClOSi/c1-6-7-8-9-12(11-14)10-13(2,3)16(4,5)15/h12,15H,6-11H2,1-5H3. The van der Waals surface area contributed by atoms with E-state index in [1.54, 1.807) is 0 Å². The fourth-order valence-electron chi connectivity index (χ4n) is 1.89. The highest BCUT2D eigenvalue weighted by Gasteiger charge is 2.39. The third kappa shape index (κ3) is 5.69. The van der Waals surface area contributed by atoms with E-state index in [1.165, 1.54) is 25.7 Å². The summed E-state index contributed by atoms with van der Waals surface area (Å²) in [5, 5.41) is 0.0682. The molecular formula is C13H29ClOSi. The Hall–Kier alpha value is 0.467. The van der Waals surface area contributed by atoms with E-state index in [1.807, 2.05) is 13.1 Å². The summed E-state index contributed by atoms with van der Waals surface area (Å²) in [6, 6.07) is 0. The number of rotatable bonds is 8. The first-order valence-electron chi connectivity index (χ1n) is 6.53. The Morgan fingerprint density at radius 2 is 1.81 bits per heavy atom. The SMILES string of the molecule is CCCCCC(CCl)CC(C)(C)[Si](C)(C)O. The molecule has 98 valence electrons. The highest BCUT2D eigenvalue weighted by Crippen LogP contribution is 2.42. The van der Waals surface area contributed by atoms with E-state index >= 15 is 0 Å². The van der Waals surface area contributed by atoms with Crippen LogP contribution < -0.4 is 0 Å². The second-order valence-corrected chi connectivity index (χ2v) is 10.9. The highest BCUT2D eigenvalue weighted by molar-refractivity contribution is 6.72. The van der Waals surface area contributed by atoms with Gasteiger partial charge in [0.1, 0.15) is 0 Å². The molecule has 0 aliphatic carbocycles. The van der Waals surface area contributed by atoms with Crippen molar-refractivity contribution < 1.29 is 4.80 Å². The van der Waals surface area contributed by atoms with Gasteiger partial charge in [-0.3, -0.25) is 0 Å². The molecule has 0 aromatic heterocycles. The lowest BCUT2D eigenvalue weighted by Gasteiger charge is -2.37. The summed E-state index contributed by atoms with van der Waals surface area (Å²) >= 11 is 6.04. The first kappa shape index (κ1) is 16.5. The van der Waals surface area contributed by atoms with E-state index in [4.69, 9.17) is 11.6 Å². The summed E-state index contributed by atoms with van der Waals surface area (Å²) in [7, 11) is -2.07. The molecule has 0 aromatic rings. The van der Waals surface area contributed by atoms with Crippen LogP contribution in [0.4, 0.5) is 0 Å². The molecule has 0 saturated heterocycles. The quantitative estimate of drug-likeness (QED) is 0.380. The summed E-state index contributed by atoms with van der Waals surface area (Å²) in [6.07, 6.45) is 6.12. The summed E-state index contributed by atoms with van der Waals surface area (Å²) in [5.41, 5.74) is 0. The third-order valence-electron chi connectivity index (χ3n) is 3.89. The van der Waals surface area contributed by atoms with Crippen molar-refractivity contribution in [2.45, 2.75) is 71.0 Å². The Morgan fingerprint density at radius 1 is 1.25 bits per heavy atom. The van der Waals surface area contributed by atoms with Crippen LogP contribution in [0.15, 0.2) is 0 Å². The van der Waals surface area contributed by atoms with Gasteiger partial charge >= 0.3 is 0 Å². The molecule has 1 N–H and O–H groups in total. The summed E-state index contributed by atoms with van der Waals surface area (Å²) in [4.78, 5) is 10.3. The molecule has 3 heteroatoms. The summed E-state index contributed by atoms with van der Waals surface area (Å²) in [6.45, 7) is 10.7. The fourth-order valence-corrected chi connectivity index (χ4v) is 2.94. The molecule has 0 aromatic carbocycles. The van der Waals surface area contributed by atoms with E-state index in [0.29, 0.717) is 5.92 Å². The van der Waals surface area contributed by atoms with Crippen LogP contribution in [0.3, 0.4) is 0 Å². The van der Waals surface area contributed by atoms with Gasteiger partial charge in [-0.1, -0.05) is 40.0 Å². The maximum Gasteiger partial charge on any atom is 0.188 e. The Balaban J connectivity index is 4.20. The molecule has 0 radical (unpaired) electrons. The van der Waals surface area contributed by atoms with Crippen LogP contribution in [-0.2, 0) is 0 Å². The van der Waals surface area contributed by atoms with Crippen molar-refractivity contribution in [3.63, 3.8) is 0 Å². The van der Waals surface area contributed by atoms with E-state index in [9.17, 15) is 4.80 Å². The first-order valence-corrected chi connectivity index (χ1v) is 10.0. The summed E-state index contributed by atoms with van der Waals surface area (Å²) in [5.74, 6) is 1.31. The lowest BCUT2D eigenvalue weighted by Crippen LogP contribution is -2.40. The van der Waals surface area contributed by atoms with Gasteiger partial charge in [0.15, 0.2) is 8.32 Å². The average molecular weight is 265 g/mol. The molecule has 0 fully saturated rings. The molecule has 16 heavy (non-hydrogen) atoms. The molecule has 0 heterocycles. The minimum atomic E-state index is -2.07. The minimum Gasteiger partial charge on any atom is -0.432 e. The van der Waals surface area contributed by atoms with Crippen molar-refractivity contribution in [2.24, 2.45) is 5.92 Å². The number of halogens is 1. The van der Waals surface area contributed by atoms with Crippen molar-refractivity contribution in [2.75, 3.05) is 5.88 Å². The van der Waals surface area contributed by atoms with Gasteiger partial charge in [-0.25, -0.2) is 0 Å². The van der Waals surface area contributed by atoms with Crippen LogP contribution in [0.2, 0.25) is 18.1 Å². The zero-order valence-electron chi connectivity index (χ0n) is 11.6. The number of hydrogen-bond acceptors (Lipinski definition) is 1. The van der Waals surface area contributed by atoms with Gasteiger partial charge in [-0.15, -0.1) is 11.6 Å². The van der Waals surface area contributed by atoms with E-state index in [-0.39, 0.29) is 5.04 Å². The van der Waals surface area contributed by atoms with Crippen LogP contribution in [-0.4, -0.2) is 19.0 Å². The van der Waals surface area contributed by atoms with Gasteiger partial charge in [0.2, 0.25) is 0 Å². The molecule has 1 unspecified atom stereocenters. The molecule has 1 nitrogen and oxygen atoms in total. The normalized spacial score (nSPS) is 15.2. The zero-order valence-corrected chi connectivity index (χ0v) is 13.4.